The first kappa shape index (κ1) is 14.9. The normalized spacial score (nSPS) is 12.2. The number of carbonyl (C=O) groups excluding carboxylic acids is 1. The van der Waals surface area contributed by atoms with Gasteiger partial charge in [0.2, 0.25) is 5.91 Å². The lowest BCUT2D eigenvalue weighted by molar-refractivity contribution is -0.144. The van der Waals surface area contributed by atoms with Crippen LogP contribution < -0.4 is 0 Å². The smallest absolute Gasteiger partial charge is 0.308 e. The Bertz CT molecular complexity index is 230. The van der Waals surface area contributed by atoms with Crippen LogP contribution in [-0.2, 0) is 14.3 Å². The van der Waals surface area contributed by atoms with Gasteiger partial charge < -0.3 is 14.7 Å². The van der Waals surface area contributed by atoms with Gasteiger partial charge in [-0.15, -0.1) is 0 Å². The average Bonchev–Trinajstić information content (AvgIpc) is 2.25. The minimum atomic E-state index is -0.888. The van der Waals surface area contributed by atoms with E-state index in [4.69, 9.17) is 9.84 Å². The first-order valence-electron chi connectivity index (χ1n) is 5.61. The molecular weight excluding hydrogens is 210 g/mol. The Morgan fingerprint density at radius 3 is 2.44 bits per heavy atom. The van der Waals surface area contributed by atoms with Crippen molar-refractivity contribution in [1.29, 1.82) is 0 Å². The molecule has 0 aromatic carbocycles. The highest BCUT2D eigenvalue weighted by molar-refractivity contribution is 5.78. The SMILES string of the molecule is CCCOCC(=O)N(CC)CC(C)C(=O)O. The van der Waals surface area contributed by atoms with E-state index in [0.29, 0.717) is 13.2 Å². The molecule has 0 heterocycles. The summed E-state index contributed by atoms with van der Waals surface area (Å²) in [7, 11) is 0. The number of carboxylic acid groups (broad SMARTS) is 1. The largest absolute Gasteiger partial charge is 0.481 e. The molecule has 0 aliphatic rings. The van der Waals surface area contributed by atoms with E-state index in [-0.39, 0.29) is 19.1 Å². The van der Waals surface area contributed by atoms with Gasteiger partial charge in [-0.2, -0.15) is 0 Å². The molecule has 0 aliphatic heterocycles. The Balaban J connectivity index is 4.06. The van der Waals surface area contributed by atoms with Gasteiger partial charge in [0.15, 0.2) is 0 Å². The van der Waals surface area contributed by atoms with E-state index in [1.165, 1.54) is 4.90 Å². The van der Waals surface area contributed by atoms with Crippen molar-refractivity contribution < 1.29 is 19.4 Å². The van der Waals surface area contributed by atoms with Gasteiger partial charge in [-0.25, -0.2) is 0 Å². The number of likely N-dealkylation sites (N-methyl/N-ethyl adjacent to an activating group) is 1. The molecule has 0 aliphatic carbocycles. The van der Waals surface area contributed by atoms with Crippen LogP contribution in [0.5, 0.6) is 0 Å². The molecule has 1 unspecified atom stereocenters. The van der Waals surface area contributed by atoms with Gasteiger partial charge in [0.25, 0.3) is 0 Å². The van der Waals surface area contributed by atoms with Crippen LogP contribution in [0, 0.1) is 5.92 Å². The minimum absolute atomic E-state index is 0.0357. The summed E-state index contributed by atoms with van der Waals surface area (Å²) >= 11 is 0. The second-order valence-electron chi connectivity index (χ2n) is 3.72. The van der Waals surface area contributed by atoms with Crippen LogP contribution in [0.4, 0.5) is 0 Å². The van der Waals surface area contributed by atoms with E-state index in [1.807, 2.05) is 13.8 Å². The number of aliphatic carboxylic acids is 1. The maximum atomic E-state index is 11.6. The van der Waals surface area contributed by atoms with Gasteiger partial charge >= 0.3 is 5.97 Å². The summed E-state index contributed by atoms with van der Waals surface area (Å²) in [6.07, 6.45) is 0.866. The Hall–Kier alpha value is -1.10. The lowest BCUT2D eigenvalue weighted by Gasteiger charge is -2.22. The van der Waals surface area contributed by atoms with E-state index in [1.54, 1.807) is 6.92 Å². The third-order valence-electron chi connectivity index (χ3n) is 2.22. The Labute approximate surface area is 96.4 Å². The lowest BCUT2D eigenvalue weighted by Crippen LogP contribution is -2.38. The summed E-state index contributed by atoms with van der Waals surface area (Å²) in [5.74, 6) is -1.58. The van der Waals surface area contributed by atoms with Crippen molar-refractivity contribution in [3.63, 3.8) is 0 Å². The number of carbonyl (C=O) groups is 2. The molecule has 0 fully saturated rings. The van der Waals surface area contributed by atoms with Gasteiger partial charge in [0.1, 0.15) is 6.61 Å². The molecule has 1 atom stereocenters. The van der Waals surface area contributed by atoms with Crippen LogP contribution in [0.3, 0.4) is 0 Å². The van der Waals surface area contributed by atoms with E-state index in [0.717, 1.165) is 6.42 Å². The molecule has 1 N–H and O–H groups in total. The third-order valence-corrected chi connectivity index (χ3v) is 2.22. The maximum Gasteiger partial charge on any atom is 0.308 e. The molecule has 1 amide bonds. The van der Waals surface area contributed by atoms with Crippen molar-refractivity contribution in [2.75, 3.05) is 26.3 Å². The van der Waals surface area contributed by atoms with Crippen molar-refractivity contribution in [3.8, 4) is 0 Å². The van der Waals surface area contributed by atoms with Crippen LogP contribution in [0.1, 0.15) is 27.2 Å². The number of amides is 1. The summed E-state index contributed by atoms with van der Waals surface area (Å²) < 4.78 is 5.13. The van der Waals surface area contributed by atoms with Crippen molar-refractivity contribution in [2.45, 2.75) is 27.2 Å². The van der Waals surface area contributed by atoms with Crippen molar-refractivity contribution in [2.24, 2.45) is 5.92 Å². The second kappa shape index (κ2) is 8.10. The zero-order valence-corrected chi connectivity index (χ0v) is 10.2. The molecule has 16 heavy (non-hydrogen) atoms. The van der Waals surface area contributed by atoms with Crippen LogP contribution in [0.25, 0.3) is 0 Å². The number of hydrogen-bond acceptors (Lipinski definition) is 3. The van der Waals surface area contributed by atoms with E-state index < -0.39 is 11.9 Å². The molecule has 5 heteroatoms. The van der Waals surface area contributed by atoms with E-state index in [9.17, 15) is 9.59 Å². The molecule has 0 rings (SSSR count). The first-order valence-corrected chi connectivity index (χ1v) is 5.61. The molecule has 0 bridgehead atoms. The molecule has 0 spiro atoms. The van der Waals surface area contributed by atoms with Gasteiger partial charge in [-0.3, -0.25) is 9.59 Å². The standard InChI is InChI=1S/C11H21NO4/c1-4-6-16-8-10(13)12(5-2)7-9(3)11(14)15/h9H,4-8H2,1-3H3,(H,14,15). The van der Waals surface area contributed by atoms with Crippen LogP contribution in [-0.4, -0.2) is 48.2 Å². The highest BCUT2D eigenvalue weighted by atomic mass is 16.5. The lowest BCUT2D eigenvalue weighted by atomic mass is 10.1. The van der Waals surface area contributed by atoms with Crippen molar-refractivity contribution >= 4 is 11.9 Å². The molecular formula is C11H21NO4. The quantitative estimate of drug-likeness (QED) is 0.632. The molecule has 94 valence electrons. The second-order valence-corrected chi connectivity index (χ2v) is 3.72. The molecule has 0 aromatic heterocycles. The highest BCUT2D eigenvalue weighted by Gasteiger charge is 2.18. The third kappa shape index (κ3) is 5.70. The predicted molar refractivity (Wildman–Crippen MR) is 60.2 cm³/mol. The van der Waals surface area contributed by atoms with Gasteiger partial charge in [-0.05, 0) is 13.3 Å². The van der Waals surface area contributed by atoms with Gasteiger partial charge in [0.05, 0.1) is 5.92 Å². The topological polar surface area (TPSA) is 66.8 Å². The highest BCUT2D eigenvalue weighted by Crippen LogP contribution is 2.01. The zero-order chi connectivity index (χ0) is 12.6. The number of hydrogen-bond donors (Lipinski definition) is 1. The number of ether oxygens (including phenoxy) is 1. The minimum Gasteiger partial charge on any atom is -0.481 e. The Morgan fingerprint density at radius 1 is 1.38 bits per heavy atom. The zero-order valence-electron chi connectivity index (χ0n) is 10.2. The van der Waals surface area contributed by atoms with Crippen molar-refractivity contribution in [3.05, 3.63) is 0 Å². The maximum absolute atomic E-state index is 11.6. The molecule has 5 nitrogen and oxygen atoms in total. The van der Waals surface area contributed by atoms with Gasteiger partial charge in [0, 0.05) is 19.7 Å². The molecule has 0 saturated carbocycles. The Morgan fingerprint density at radius 2 is 2.00 bits per heavy atom. The fraction of sp³-hybridized carbons (Fsp3) is 0.818. The van der Waals surface area contributed by atoms with Crippen LogP contribution in [0.2, 0.25) is 0 Å². The summed E-state index contributed by atoms with van der Waals surface area (Å²) in [6, 6.07) is 0. The Kier molecular flexibility index (Phi) is 7.54. The summed E-state index contributed by atoms with van der Waals surface area (Å²) in [5.41, 5.74) is 0. The fourth-order valence-electron chi connectivity index (χ4n) is 1.21. The number of carboxylic acids is 1. The van der Waals surface area contributed by atoms with Gasteiger partial charge in [-0.1, -0.05) is 13.8 Å². The predicted octanol–water partition coefficient (Wildman–Crippen LogP) is 0.982. The van der Waals surface area contributed by atoms with Crippen LogP contribution >= 0.6 is 0 Å². The molecule has 0 saturated heterocycles. The number of nitrogens with zero attached hydrogens (tertiary/aromatic N) is 1. The fourth-order valence-corrected chi connectivity index (χ4v) is 1.21. The molecule has 0 radical (unpaired) electrons. The number of rotatable bonds is 8. The van der Waals surface area contributed by atoms with E-state index >= 15 is 0 Å². The average molecular weight is 231 g/mol. The summed E-state index contributed by atoms with van der Waals surface area (Å²) in [4.78, 5) is 23.8. The summed E-state index contributed by atoms with van der Waals surface area (Å²) in [5, 5.41) is 8.75. The van der Waals surface area contributed by atoms with Crippen molar-refractivity contribution in [1.82, 2.24) is 4.90 Å². The monoisotopic (exact) mass is 231 g/mol. The first-order chi connectivity index (χ1) is 7.52. The molecule has 0 aromatic rings. The van der Waals surface area contributed by atoms with E-state index in [2.05, 4.69) is 0 Å². The summed E-state index contributed by atoms with van der Waals surface area (Å²) in [6.45, 7) is 6.71. The van der Waals surface area contributed by atoms with Crippen LogP contribution in [0.15, 0.2) is 0 Å².